The maximum atomic E-state index is 10.9. The first kappa shape index (κ1) is 10.5. The number of nitrogens with zero attached hydrogens (tertiary/aromatic N) is 1. The minimum absolute atomic E-state index is 0. The molecule has 0 aliphatic carbocycles. The van der Waals surface area contributed by atoms with E-state index in [-0.39, 0.29) is 12.4 Å². The van der Waals surface area contributed by atoms with E-state index < -0.39 is 10.2 Å². The second kappa shape index (κ2) is 3.65. The van der Waals surface area contributed by atoms with Crippen molar-refractivity contribution in [2.75, 3.05) is 13.1 Å². The van der Waals surface area contributed by atoms with Gasteiger partial charge in [0.05, 0.1) is 0 Å². The Morgan fingerprint density at radius 2 is 2.23 bits per heavy atom. The smallest absolute Gasteiger partial charge is 0.312 e. The van der Waals surface area contributed by atoms with Crippen molar-refractivity contribution in [3.63, 3.8) is 0 Å². The van der Waals surface area contributed by atoms with Gasteiger partial charge in [-0.2, -0.15) is 12.8 Å². The van der Waals surface area contributed by atoms with Gasteiger partial charge in [0, 0.05) is 37.0 Å². The molecule has 2 heterocycles. The molecule has 0 radical (unpaired) electrons. The third kappa shape index (κ3) is 2.20. The number of hydrogen-bond acceptors (Lipinski definition) is 3. The summed E-state index contributed by atoms with van der Waals surface area (Å²) in [6, 6.07) is 0. The highest BCUT2D eigenvalue weighted by Gasteiger charge is 2.20. The summed E-state index contributed by atoms with van der Waals surface area (Å²) in [7, 11) is -3.42. The monoisotopic (exact) mass is 223 g/mol. The van der Waals surface area contributed by atoms with E-state index in [1.165, 1.54) is 6.21 Å². The average Bonchev–Trinajstić information content (AvgIpc) is 2.02. The van der Waals surface area contributed by atoms with E-state index in [0.717, 1.165) is 24.2 Å². The normalized spacial score (nSPS) is 24.3. The Labute approximate surface area is 82.9 Å². The van der Waals surface area contributed by atoms with Gasteiger partial charge in [0.15, 0.2) is 0 Å². The van der Waals surface area contributed by atoms with Gasteiger partial charge < -0.3 is 5.32 Å². The zero-order valence-corrected chi connectivity index (χ0v) is 8.41. The molecule has 2 aliphatic rings. The first-order chi connectivity index (χ1) is 5.67. The molecule has 5 nitrogen and oxygen atoms in total. The largest absolute Gasteiger partial charge is 0.341 e. The van der Waals surface area contributed by atoms with Gasteiger partial charge in [0.1, 0.15) is 0 Å². The van der Waals surface area contributed by atoms with Crippen LogP contribution in [0.15, 0.2) is 15.7 Å². The van der Waals surface area contributed by atoms with Crippen molar-refractivity contribution in [1.29, 1.82) is 0 Å². The molecular formula is C6H10ClN3O2S. The van der Waals surface area contributed by atoms with E-state index >= 15 is 0 Å². The number of hydrogen-bond donors (Lipinski definition) is 2. The zero-order chi connectivity index (χ0) is 8.60. The summed E-state index contributed by atoms with van der Waals surface area (Å²) in [4.78, 5) is 0. The molecule has 13 heavy (non-hydrogen) atoms. The van der Waals surface area contributed by atoms with Crippen molar-refractivity contribution in [2.24, 2.45) is 4.40 Å². The lowest BCUT2D eigenvalue weighted by atomic mass is 10.1. The predicted molar refractivity (Wildman–Crippen MR) is 52.3 cm³/mol. The predicted octanol–water partition coefficient (Wildman–Crippen LogP) is -0.426. The number of halogens is 1. The van der Waals surface area contributed by atoms with Crippen LogP contribution in [0.3, 0.4) is 0 Å². The van der Waals surface area contributed by atoms with Crippen LogP contribution >= 0.6 is 12.4 Å². The molecule has 0 aromatic rings. The summed E-state index contributed by atoms with van der Waals surface area (Å²) >= 11 is 0. The highest BCUT2D eigenvalue weighted by Crippen LogP contribution is 2.13. The van der Waals surface area contributed by atoms with Gasteiger partial charge >= 0.3 is 10.2 Å². The maximum absolute atomic E-state index is 10.9. The Hall–Kier alpha value is -0.590. The summed E-state index contributed by atoms with van der Waals surface area (Å²) in [6.45, 7) is 1.51. The van der Waals surface area contributed by atoms with Crippen molar-refractivity contribution in [2.45, 2.75) is 6.42 Å². The molecule has 2 rings (SSSR count). The molecule has 0 spiro atoms. The Morgan fingerprint density at radius 1 is 1.46 bits per heavy atom. The van der Waals surface area contributed by atoms with Crippen LogP contribution in [0.5, 0.6) is 0 Å². The minimum atomic E-state index is -3.42. The van der Waals surface area contributed by atoms with Crippen LogP contribution < -0.4 is 10.0 Å². The van der Waals surface area contributed by atoms with Gasteiger partial charge in [-0.15, -0.1) is 12.4 Å². The Kier molecular flexibility index (Phi) is 2.94. The standard InChI is InChI=1S/C6H9N3O2S.ClH/c10-12(11)8-4-5-3-7-2-1-6(5)9-12;/h4,7,9H,1-3H2;1H. The Balaban J connectivity index is 0.000000845. The molecule has 74 valence electrons. The van der Waals surface area contributed by atoms with Crippen LogP contribution in [0.4, 0.5) is 0 Å². The van der Waals surface area contributed by atoms with Crippen molar-refractivity contribution in [3.05, 3.63) is 11.3 Å². The second-order valence-electron chi connectivity index (χ2n) is 2.74. The highest BCUT2D eigenvalue weighted by atomic mass is 35.5. The summed E-state index contributed by atoms with van der Waals surface area (Å²) in [6.07, 6.45) is 2.13. The van der Waals surface area contributed by atoms with Gasteiger partial charge in [-0.25, -0.2) is 0 Å². The molecule has 2 N–H and O–H groups in total. The Morgan fingerprint density at radius 3 is 3.00 bits per heavy atom. The van der Waals surface area contributed by atoms with Crippen LogP contribution in [0.2, 0.25) is 0 Å². The van der Waals surface area contributed by atoms with Gasteiger partial charge in [-0.05, 0) is 0 Å². The van der Waals surface area contributed by atoms with E-state index in [0.29, 0.717) is 6.54 Å². The molecule has 0 aromatic heterocycles. The number of nitrogens with one attached hydrogen (secondary N) is 2. The third-order valence-electron chi connectivity index (χ3n) is 1.85. The van der Waals surface area contributed by atoms with Crippen molar-refractivity contribution in [3.8, 4) is 0 Å². The third-order valence-corrected chi connectivity index (χ3v) is 2.74. The minimum Gasteiger partial charge on any atom is -0.312 e. The van der Waals surface area contributed by atoms with Crippen molar-refractivity contribution in [1.82, 2.24) is 10.0 Å². The van der Waals surface area contributed by atoms with E-state index in [9.17, 15) is 8.42 Å². The molecule has 0 amide bonds. The first-order valence-corrected chi connectivity index (χ1v) is 5.12. The fourth-order valence-corrected chi connectivity index (χ4v) is 2.12. The SMILES string of the molecule is Cl.O=S1(=O)N=CC2=C(CCNC2)N1. The average molecular weight is 224 g/mol. The van der Waals surface area contributed by atoms with Crippen molar-refractivity contribution >= 4 is 28.8 Å². The maximum Gasteiger partial charge on any atom is 0.341 e. The van der Waals surface area contributed by atoms with E-state index in [1.54, 1.807) is 0 Å². The van der Waals surface area contributed by atoms with Gasteiger partial charge in [-0.1, -0.05) is 0 Å². The number of rotatable bonds is 0. The quantitative estimate of drug-likeness (QED) is 0.586. The second-order valence-corrected chi connectivity index (χ2v) is 4.11. The van der Waals surface area contributed by atoms with Crippen molar-refractivity contribution < 1.29 is 8.42 Å². The molecule has 0 unspecified atom stereocenters. The fourth-order valence-electron chi connectivity index (χ4n) is 1.26. The van der Waals surface area contributed by atoms with Crippen LogP contribution in [-0.4, -0.2) is 27.7 Å². The lowest BCUT2D eigenvalue weighted by Gasteiger charge is -2.21. The van der Waals surface area contributed by atoms with Gasteiger partial charge in [0.2, 0.25) is 0 Å². The van der Waals surface area contributed by atoms with Gasteiger partial charge in [-0.3, -0.25) is 4.72 Å². The van der Waals surface area contributed by atoms with Crippen LogP contribution in [0.1, 0.15) is 6.42 Å². The lowest BCUT2D eigenvalue weighted by Crippen LogP contribution is -2.35. The summed E-state index contributed by atoms with van der Waals surface area (Å²) in [5.74, 6) is 0. The van der Waals surface area contributed by atoms with Gasteiger partial charge in [0.25, 0.3) is 0 Å². The van der Waals surface area contributed by atoms with E-state index in [1.807, 2.05) is 0 Å². The summed E-state index contributed by atoms with van der Waals surface area (Å²) in [5, 5.41) is 3.13. The van der Waals surface area contributed by atoms with E-state index in [2.05, 4.69) is 14.4 Å². The fraction of sp³-hybridized carbons (Fsp3) is 0.500. The molecule has 7 heteroatoms. The molecule has 0 aromatic carbocycles. The molecular weight excluding hydrogens is 214 g/mol. The zero-order valence-electron chi connectivity index (χ0n) is 6.78. The Bertz CT molecular complexity index is 360. The highest BCUT2D eigenvalue weighted by molar-refractivity contribution is 7.88. The van der Waals surface area contributed by atoms with Crippen LogP contribution in [-0.2, 0) is 10.2 Å². The lowest BCUT2D eigenvalue weighted by molar-refractivity contribution is 0.582. The molecule has 0 saturated heterocycles. The molecule has 0 fully saturated rings. The summed E-state index contributed by atoms with van der Waals surface area (Å²) < 4.78 is 27.7. The molecule has 0 bridgehead atoms. The molecule has 0 saturated carbocycles. The topological polar surface area (TPSA) is 70.6 Å². The van der Waals surface area contributed by atoms with E-state index in [4.69, 9.17) is 0 Å². The van der Waals surface area contributed by atoms with Crippen LogP contribution in [0.25, 0.3) is 0 Å². The first-order valence-electron chi connectivity index (χ1n) is 3.68. The molecule has 0 atom stereocenters. The van der Waals surface area contributed by atoms with Crippen LogP contribution in [0, 0.1) is 0 Å². The summed E-state index contributed by atoms with van der Waals surface area (Å²) in [5.41, 5.74) is 1.72. The molecule has 2 aliphatic heterocycles.